The molecule has 2 saturated carbocycles. The molecule has 2 aromatic rings. The van der Waals surface area contributed by atoms with E-state index >= 15 is 0 Å². The summed E-state index contributed by atoms with van der Waals surface area (Å²) in [5.74, 6) is 0.344. The molecular formula is C18H21N3O. The average molecular weight is 295 g/mol. The van der Waals surface area contributed by atoms with E-state index in [2.05, 4.69) is 15.8 Å². The lowest BCUT2D eigenvalue weighted by Gasteiger charge is -2.22. The third kappa shape index (κ3) is 2.32. The zero-order valence-electron chi connectivity index (χ0n) is 12.6. The molecule has 4 nitrogen and oxygen atoms in total. The molecule has 1 atom stereocenters. The highest BCUT2D eigenvalue weighted by atomic mass is 16.2. The number of nitrogens with zero attached hydrogens (tertiary/aromatic N) is 1. The van der Waals surface area contributed by atoms with Gasteiger partial charge >= 0.3 is 0 Å². The molecular weight excluding hydrogens is 274 g/mol. The van der Waals surface area contributed by atoms with E-state index in [1.807, 2.05) is 30.3 Å². The molecule has 2 fully saturated rings. The third-order valence-electron chi connectivity index (χ3n) is 5.32. The lowest BCUT2D eigenvalue weighted by molar-refractivity contribution is -0.122. The first-order valence-corrected chi connectivity index (χ1v) is 8.18. The summed E-state index contributed by atoms with van der Waals surface area (Å²) in [5, 5.41) is 1.02. The van der Waals surface area contributed by atoms with Crippen molar-refractivity contribution < 1.29 is 4.79 Å². The number of rotatable bonds is 3. The molecule has 114 valence electrons. The molecule has 4 heteroatoms. The van der Waals surface area contributed by atoms with Gasteiger partial charge in [-0.05, 0) is 48.9 Å². The first-order chi connectivity index (χ1) is 10.8. The fraction of sp³-hybridized carbons (Fsp3) is 0.444. The van der Waals surface area contributed by atoms with Crippen LogP contribution in [0.3, 0.4) is 0 Å². The number of aromatic nitrogens is 1. The first kappa shape index (κ1) is 13.6. The van der Waals surface area contributed by atoms with Crippen molar-refractivity contribution in [1.29, 1.82) is 0 Å². The Morgan fingerprint density at radius 1 is 1.14 bits per heavy atom. The second kappa shape index (κ2) is 5.27. The number of hydrazine groups is 1. The van der Waals surface area contributed by atoms with E-state index in [1.165, 1.54) is 32.1 Å². The van der Waals surface area contributed by atoms with Crippen molar-refractivity contribution in [1.82, 2.24) is 10.4 Å². The smallest absolute Gasteiger partial charge is 0.242 e. The molecule has 22 heavy (non-hydrogen) atoms. The molecule has 0 aliphatic heterocycles. The third-order valence-corrected chi connectivity index (χ3v) is 5.32. The van der Waals surface area contributed by atoms with E-state index in [1.54, 1.807) is 6.20 Å². The van der Waals surface area contributed by atoms with Crippen LogP contribution in [0.4, 0.5) is 5.69 Å². The number of nitrogens with one attached hydrogen (secondary N) is 2. The van der Waals surface area contributed by atoms with Gasteiger partial charge in [0.2, 0.25) is 5.91 Å². The van der Waals surface area contributed by atoms with Gasteiger partial charge in [0.25, 0.3) is 0 Å². The quantitative estimate of drug-likeness (QED) is 0.850. The standard InChI is InChI=1S/C18H21N3O/c22-17(14-12-18(14)9-2-1-3-10-18)21-20-16-8-4-7-15-13(16)6-5-11-19-15/h4-8,11,14,20H,1-3,9-10,12H2,(H,21,22). The van der Waals surface area contributed by atoms with Crippen LogP contribution < -0.4 is 10.9 Å². The summed E-state index contributed by atoms with van der Waals surface area (Å²) < 4.78 is 0. The van der Waals surface area contributed by atoms with Gasteiger partial charge in [-0.2, -0.15) is 0 Å². The molecule has 1 unspecified atom stereocenters. The van der Waals surface area contributed by atoms with Crippen molar-refractivity contribution in [3.63, 3.8) is 0 Å². The Bertz CT molecular complexity index is 701. The average Bonchev–Trinajstić information content (AvgIpc) is 3.26. The Kier molecular flexibility index (Phi) is 3.25. The summed E-state index contributed by atoms with van der Waals surface area (Å²) in [5.41, 5.74) is 8.15. The Hall–Kier alpha value is -2.10. The molecule has 1 spiro atoms. The largest absolute Gasteiger partial charge is 0.298 e. The predicted octanol–water partition coefficient (Wildman–Crippen LogP) is 3.65. The summed E-state index contributed by atoms with van der Waals surface area (Å²) >= 11 is 0. The minimum absolute atomic E-state index is 0.141. The van der Waals surface area contributed by atoms with Gasteiger partial charge in [-0.3, -0.25) is 20.6 Å². The van der Waals surface area contributed by atoms with Gasteiger partial charge in [0, 0.05) is 17.5 Å². The van der Waals surface area contributed by atoms with Gasteiger partial charge < -0.3 is 0 Å². The molecule has 0 saturated heterocycles. The van der Waals surface area contributed by atoms with Gasteiger partial charge in [0.15, 0.2) is 0 Å². The molecule has 1 aromatic heterocycles. The van der Waals surface area contributed by atoms with Gasteiger partial charge in [-0.1, -0.05) is 25.3 Å². The summed E-state index contributed by atoms with van der Waals surface area (Å²) in [6, 6.07) is 9.81. The summed E-state index contributed by atoms with van der Waals surface area (Å²) in [7, 11) is 0. The number of benzene rings is 1. The predicted molar refractivity (Wildman–Crippen MR) is 87.1 cm³/mol. The maximum atomic E-state index is 12.4. The molecule has 2 N–H and O–H groups in total. The van der Waals surface area contributed by atoms with Crippen LogP contribution in [0.2, 0.25) is 0 Å². The molecule has 0 radical (unpaired) electrons. The van der Waals surface area contributed by atoms with Crippen LogP contribution in [0.15, 0.2) is 36.5 Å². The van der Waals surface area contributed by atoms with Crippen molar-refractivity contribution in [2.75, 3.05) is 5.43 Å². The minimum Gasteiger partial charge on any atom is -0.298 e. The number of carbonyl (C=O) groups excluding carboxylic acids is 1. The SMILES string of the molecule is O=C(NNc1cccc2ncccc12)C1CC12CCCCC2. The Morgan fingerprint density at radius 2 is 2.00 bits per heavy atom. The lowest BCUT2D eigenvalue weighted by Crippen LogP contribution is -2.32. The van der Waals surface area contributed by atoms with E-state index in [4.69, 9.17) is 0 Å². The maximum absolute atomic E-state index is 12.4. The van der Waals surface area contributed by atoms with Crippen molar-refractivity contribution >= 4 is 22.5 Å². The molecule has 2 aliphatic rings. The van der Waals surface area contributed by atoms with Crippen LogP contribution in [-0.4, -0.2) is 10.9 Å². The van der Waals surface area contributed by atoms with Crippen LogP contribution >= 0.6 is 0 Å². The highest BCUT2D eigenvalue weighted by Gasteiger charge is 2.57. The molecule has 1 heterocycles. The van der Waals surface area contributed by atoms with E-state index < -0.39 is 0 Å². The number of hydrogen-bond acceptors (Lipinski definition) is 3. The number of anilines is 1. The van der Waals surface area contributed by atoms with Crippen LogP contribution in [0.1, 0.15) is 38.5 Å². The molecule has 2 aliphatic carbocycles. The molecule has 1 amide bonds. The monoisotopic (exact) mass is 295 g/mol. The van der Waals surface area contributed by atoms with Crippen molar-refractivity contribution in [2.24, 2.45) is 11.3 Å². The van der Waals surface area contributed by atoms with Crippen LogP contribution in [-0.2, 0) is 4.79 Å². The van der Waals surface area contributed by atoms with Gasteiger partial charge in [-0.25, -0.2) is 0 Å². The fourth-order valence-electron chi connectivity index (χ4n) is 3.96. The summed E-state index contributed by atoms with van der Waals surface area (Å²) in [4.78, 5) is 16.7. The van der Waals surface area contributed by atoms with Crippen LogP contribution in [0, 0.1) is 11.3 Å². The van der Waals surface area contributed by atoms with Crippen molar-refractivity contribution in [3.8, 4) is 0 Å². The van der Waals surface area contributed by atoms with E-state index in [-0.39, 0.29) is 11.8 Å². The van der Waals surface area contributed by atoms with Crippen molar-refractivity contribution in [2.45, 2.75) is 38.5 Å². The Balaban J connectivity index is 1.43. The van der Waals surface area contributed by atoms with Crippen molar-refractivity contribution in [3.05, 3.63) is 36.5 Å². The van der Waals surface area contributed by atoms with E-state index in [0.29, 0.717) is 5.41 Å². The highest BCUT2D eigenvalue weighted by Crippen LogP contribution is 2.61. The summed E-state index contributed by atoms with van der Waals surface area (Å²) in [6.07, 6.45) is 9.20. The number of hydrogen-bond donors (Lipinski definition) is 2. The number of amides is 1. The second-order valence-electron chi connectivity index (χ2n) is 6.67. The Morgan fingerprint density at radius 3 is 2.86 bits per heavy atom. The normalized spacial score (nSPS) is 22.5. The lowest BCUT2D eigenvalue weighted by atomic mass is 9.84. The molecule has 1 aromatic carbocycles. The van der Waals surface area contributed by atoms with E-state index in [9.17, 15) is 4.79 Å². The topological polar surface area (TPSA) is 54.0 Å². The second-order valence-corrected chi connectivity index (χ2v) is 6.67. The number of pyridine rings is 1. The van der Waals surface area contributed by atoms with E-state index in [0.717, 1.165) is 23.0 Å². The fourth-order valence-corrected chi connectivity index (χ4v) is 3.96. The molecule has 4 rings (SSSR count). The highest BCUT2D eigenvalue weighted by molar-refractivity contribution is 5.92. The number of fused-ring (bicyclic) bond motifs is 1. The van der Waals surface area contributed by atoms with Gasteiger partial charge in [-0.15, -0.1) is 0 Å². The van der Waals surface area contributed by atoms with Gasteiger partial charge in [0.1, 0.15) is 0 Å². The zero-order valence-corrected chi connectivity index (χ0v) is 12.6. The Labute approximate surface area is 130 Å². The maximum Gasteiger partial charge on any atom is 0.242 e. The zero-order chi connectivity index (χ0) is 15.0. The summed E-state index contributed by atoms with van der Waals surface area (Å²) in [6.45, 7) is 0. The van der Waals surface area contributed by atoms with Crippen LogP contribution in [0.5, 0.6) is 0 Å². The first-order valence-electron chi connectivity index (χ1n) is 8.18. The minimum atomic E-state index is 0.141. The van der Waals surface area contributed by atoms with Gasteiger partial charge in [0.05, 0.1) is 11.2 Å². The molecule has 0 bridgehead atoms. The van der Waals surface area contributed by atoms with Crippen LogP contribution in [0.25, 0.3) is 10.9 Å². The number of carbonyl (C=O) groups is 1.